The maximum absolute atomic E-state index is 12.8. The molecule has 1 amide bonds. The summed E-state index contributed by atoms with van der Waals surface area (Å²) in [6, 6.07) is 5.90. The van der Waals surface area contributed by atoms with E-state index in [0.717, 1.165) is 51.3 Å². The standard InChI is InChI=1S/C20H19N5O2S2/c1-13-2-3-16(27-13)20-23-14(11-29-20)10-17(26)24-5-7-25(8-6-24)18-15-4-9-28-19(15)22-12-21-18/h2-4,9,11-12H,5-8,10H2,1H3. The molecule has 4 aromatic heterocycles. The Morgan fingerprint density at radius 1 is 1.14 bits per heavy atom. The first kappa shape index (κ1) is 18.3. The fraction of sp³-hybridized carbons (Fsp3) is 0.300. The SMILES string of the molecule is Cc1ccc(-c2nc(CC(=O)N3CCN(c4ncnc5sccc45)CC3)cs2)o1. The number of thiazole rings is 1. The van der Waals surface area contributed by atoms with Gasteiger partial charge in [0.15, 0.2) is 10.8 Å². The average Bonchev–Trinajstić information content (AvgIpc) is 3.48. The molecule has 0 atom stereocenters. The summed E-state index contributed by atoms with van der Waals surface area (Å²) < 4.78 is 5.62. The number of piperazine rings is 1. The first-order valence-corrected chi connectivity index (χ1v) is 11.2. The highest BCUT2D eigenvalue weighted by molar-refractivity contribution is 7.16. The van der Waals surface area contributed by atoms with Crippen LogP contribution in [0, 0.1) is 6.92 Å². The van der Waals surface area contributed by atoms with Gasteiger partial charge in [-0.05, 0) is 30.5 Å². The van der Waals surface area contributed by atoms with Crippen LogP contribution in [0.25, 0.3) is 21.0 Å². The third kappa shape index (κ3) is 3.63. The van der Waals surface area contributed by atoms with Crippen molar-refractivity contribution >= 4 is 44.6 Å². The number of carbonyl (C=O) groups is 1. The highest BCUT2D eigenvalue weighted by atomic mass is 32.1. The Balaban J connectivity index is 1.22. The van der Waals surface area contributed by atoms with Gasteiger partial charge in [0.1, 0.15) is 22.7 Å². The molecule has 1 fully saturated rings. The van der Waals surface area contributed by atoms with Crippen molar-refractivity contribution in [2.75, 3.05) is 31.1 Å². The molecule has 7 nitrogen and oxygen atoms in total. The van der Waals surface area contributed by atoms with Gasteiger partial charge in [0.05, 0.1) is 17.5 Å². The van der Waals surface area contributed by atoms with E-state index in [0.29, 0.717) is 19.5 Å². The minimum absolute atomic E-state index is 0.112. The van der Waals surface area contributed by atoms with Crippen LogP contribution in [-0.2, 0) is 11.2 Å². The molecule has 0 unspecified atom stereocenters. The number of hydrogen-bond acceptors (Lipinski definition) is 8. The summed E-state index contributed by atoms with van der Waals surface area (Å²) in [5.74, 6) is 2.68. The zero-order chi connectivity index (χ0) is 19.8. The van der Waals surface area contributed by atoms with Crippen LogP contribution in [0.3, 0.4) is 0 Å². The van der Waals surface area contributed by atoms with Crippen LogP contribution in [0.2, 0.25) is 0 Å². The normalized spacial score (nSPS) is 14.7. The fourth-order valence-electron chi connectivity index (χ4n) is 3.51. The predicted octanol–water partition coefficient (Wildman–Crippen LogP) is 3.61. The third-order valence-corrected chi connectivity index (χ3v) is 6.73. The fourth-order valence-corrected chi connectivity index (χ4v) is 5.02. The summed E-state index contributed by atoms with van der Waals surface area (Å²) in [5, 5.41) is 5.87. The largest absolute Gasteiger partial charge is 0.459 e. The molecule has 148 valence electrons. The Morgan fingerprint density at radius 2 is 2.00 bits per heavy atom. The van der Waals surface area contributed by atoms with Crippen molar-refractivity contribution in [3.05, 3.63) is 46.7 Å². The van der Waals surface area contributed by atoms with Crippen molar-refractivity contribution in [1.82, 2.24) is 19.9 Å². The third-order valence-electron chi connectivity index (χ3n) is 5.01. The second kappa shape index (κ2) is 7.57. The number of hydrogen-bond donors (Lipinski definition) is 0. The van der Waals surface area contributed by atoms with Gasteiger partial charge in [0.2, 0.25) is 5.91 Å². The lowest BCUT2D eigenvalue weighted by molar-refractivity contribution is -0.130. The van der Waals surface area contributed by atoms with Gasteiger partial charge < -0.3 is 14.2 Å². The van der Waals surface area contributed by atoms with Crippen LogP contribution < -0.4 is 4.90 Å². The van der Waals surface area contributed by atoms with Gasteiger partial charge in [-0.2, -0.15) is 0 Å². The molecule has 1 aliphatic rings. The smallest absolute Gasteiger partial charge is 0.228 e. The van der Waals surface area contributed by atoms with Gasteiger partial charge in [-0.25, -0.2) is 15.0 Å². The van der Waals surface area contributed by atoms with Crippen molar-refractivity contribution < 1.29 is 9.21 Å². The van der Waals surface area contributed by atoms with Gasteiger partial charge in [0.25, 0.3) is 0 Å². The molecule has 0 N–H and O–H groups in total. The maximum Gasteiger partial charge on any atom is 0.228 e. The number of amides is 1. The van der Waals surface area contributed by atoms with E-state index in [-0.39, 0.29) is 5.91 Å². The minimum Gasteiger partial charge on any atom is -0.459 e. The van der Waals surface area contributed by atoms with Crippen molar-refractivity contribution in [2.45, 2.75) is 13.3 Å². The molecule has 5 heterocycles. The summed E-state index contributed by atoms with van der Waals surface area (Å²) in [7, 11) is 0. The van der Waals surface area contributed by atoms with Crippen LogP contribution in [-0.4, -0.2) is 51.9 Å². The Kier molecular flexibility index (Phi) is 4.76. The number of furan rings is 1. The van der Waals surface area contributed by atoms with E-state index >= 15 is 0 Å². The zero-order valence-corrected chi connectivity index (χ0v) is 17.5. The van der Waals surface area contributed by atoms with E-state index in [1.54, 1.807) is 17.7 Å². The minimum atomic E-state index is 0.112. The average molecular weight is 426 g/mol. The van der Waals surface area contributed by atoms with Crippen molar-refractivity contribution in [3.63, 3.8) is 0 Å². The topological polar surface area (TPSA) is 75.4 Å². The molecule has 0 bridgehead atoms. The Labute approximate surface area is 175 Å². The number of nitrogens with zero attached hydrogens (tertiary/aromatic N) is 5. The first-order chi connectivity index (χ1) is 14.2. The molecule has 0 aliphatic carbocycles. The Morgan fingerprint density at radius 3 is 2.79 bits per heavy atom. The van der Waals surface area contributed by atoms with Gasteiger partial charge in [-0.1, -0.05) is 0 Å². The number of anilines is 1. The Hall–Kier alpha value is -2.78. The van der Waals surface area contributed by atoms with E-state index in [4.69, 9.17) is 4.42 Å². The number of aromatic nitrogens is 3. The maximum atomic E-state index is 12.8. The molecule has 5 rings (SSSR count). The summed E-state index contributed by atoms with van der Waals surface area (Å²) in [6.45, 7) is 4.81. The second-order valence-corrected chi connectivity index (χ2v) is 8.69. The molecule has 0 aromatic carbocycles. The molecular weight excluding hydrogens is 406 g/mol. The molecular formula is C20H19N5O2S2. The number of fused-ring (bicyclic) bond motifs is 1. The molecule has 4 aromatic rings. The number of aryl methyl sites for hydroxylation is 1. The lowest BCUT2D eigenvalue weighted by Crippen LogP contribution is -2.49. The lowest BCUT2D eigenvalue weighted by Gasteiger charge is -2.35. The number of rotatable bonds is 4. The second-order valence-electron chi connectivity index (χ2n) is 6.94. The van der Waals surface area contributed by atoms with E-state index < -0.39 is 0 Å². The summed E-state index contributed by atoms with van der Waals surface area (Å²) in [4.78, 5) is 31.3. The number of carbonyl (C=O) groups excluding carboxylic acids is 1. The van der Waals surface area contributed by atoms with Gasteiger partial charge in [-0.3, -0.25) is 4.79 Å². The first-order valence-electron chi connectivity index (χ1n) is 9.39. The van der Waals surface area contributed by atoms with Crippen LogP contribution in [0.1, 0.15) is 11.5 Å². The monoisotopic (exact) mass is 425 g/mol. The quantitative estimate of drug-likeness (QED) is 0.497. The highest BCUT2D eigenvalue weighted by Crippen LogP contribution is 2.28. The molecule has 29 heavy (non-hydrogen) atoms. The van der Waals surface area contributed by atoms with E-state index in [1.165, 1.54) is 11.3 Å². The highest BCUT2D eigenvalue weighted by Gasteiger charge is 2.24. The molecule has 0 saturated carbocycles. The molecule has 0 spiro atoms. The lowest BCUT2D eigenvalue weighted by atomic mass is 10.2. The Bertz CT molecular complexity index is 1160. The van der Waals surface area contributed by atoms with Crippen LogP contribution in [0.15, 0.2) is 39.7 Å². The number of thiophene rings is 1. The summed E-state index contributed by atoms with van der Waals surface area (Å²) >= 11 is 3.13. The van der Waals surface area contributed by atoms with Crippen molar-refractivity contribution in [1.29, 1.82) is 0 Å². The molecule has 1 saturated heterocycles. The molecule has 9 heteroatoms. The van der Waals surface area contributed by atoms with Gasteiger partial charge in [0, 0.05) is 31.6 Å². The van der Waals surface area contributed by atoms with Gasteiger partial charge in [-0.15, -0.1) is 22.7 Å². The summed E-state index contributed by atoms with van der Waals surface area (Å²) in [6.07, 6.45) is 1.94. The van der Waals surface area contributed by atoms with Crippen LogP contribution in [0.4, 0.5) is 5.82 Å². The van der Waals surface area contributed by atoms with E-state index in [9.17, 15) is 4.79 Å². The molecule has 0 radical (unpaired) electrons. The van der Waals surface area contributed by atoms with Crippen LogP contribution >= 0.6 is 22.7 Å². The van der Waals surface area contributed by atoms with Crippen molar-refractivity contribution in [2.24, 2.45) is 0 Å². The predicted molar refractivity (Wildman–Crippen MR) is 114 cm³/mol. The summed E-state index contributed by atoms with van der Waals surface area (Å²) in [5.41, 5.74) is 0.794. The zero-order valence-electron chi connectivity index (χ0n) is 15.9. The van der Waals surface area contributed by atoms with Crippen LogP contribution in [0.5, 0.6) is 0 Å². The molecule has 1 aliphatic heterocycles. The van der Waals surface area contributed by atoms with Crippen molar-refractivity contribution in [3.8, 4) is 10.8 Å². The van der Waals surface area contributed by atoms with E-state index in [1.807, 2.05) is 34.7 Å². The van der Waals surface area contributed by atoms with Gasteiger partial charge >= 0.3 is 0 Å². The van der Waals surface area contributed by atoms with E-state index in [2.05, 4.69) is 25.9 Å².